The average molecular weight is 442 g/mol. The molecule has 3 aromatic carbocycles. The molecule has 0 saturated heterocycles. The topological polar surface area (TPSA) is 0 Å². The minimum absolute atomic E-state index is 0.000938. The summed E-state index contributed by atoms with van der Waals surface area (Å²) in [7, 11) is 0. The van der Waals surface area contributed by atoms with E-state index < -0.39 is 23.3 Å². The molecule has 0 radical (unpaired) electrons. The molecule has 3 aromatic rings. The third-order valence-corrected chi connectivity index (χ3v) is 5.97. The Morgan fingerprint density at radius 2 is 1.44 bits per heavy atom. The lowest BCUT2D eigenvalue weighted by Gasteiger charge is -2.19. The van der Waals surface area contributed by atoms with Gasteiger partial charge in [0.05, 0.1) is 0 Å². The van der Waals surface area contributed by atoms with Gasteiger partial charge in [-0.1, -0.05) is 38.0 Å². The minimum atomic E-state index is -1.59. The number of rotatable bonds is 6. The third kappa shape index (κ3) is 4.47. The van der Waals surface area contributed by atoms with E-state index >= 15 is 0 Å². The number of aryl methyl sites for hydroxylation is 2. The summed E-state index contributed by atoms with van der Waals surface area (Å²) >= 11 is 0. The molecule has 166 valence electrons. The molecule has 0 nitrogen and oxygen atoms in total. The zero-order chi connectivity index (χ0) is 22.8. The second kappa shape index (κ2) is 9.27. The molecule has 0 amide bonds. The first-order valence-electron chi connectivity index (χ1n) is 10.8. The largest absolute Gasteiger partial charge is 0.206 e. The van der Waals surface area contributed by atoms with Crippen molar-refractivity contribution in [3.05, 3.63) is 93.8 Å². The highest BCUT2D eigenvalue weighted by Gasteiger charge is 2.20. The predicted octanol–water partition coefficient (Wildman–Crippen LogP) is 8.27. The van der Waals surface area contributed by atoms with Gasteiger partial charge in [-0.3, -0.25) is 0 Å². The van der Waals surface area contributed by atoms with Gasteiger partial charge in [0.25, 0.3) is 0 Å². The van der Waals surface area contributed by atoms with E-state index in [1.54, 1.807) is 18.2 Å². The van der Waals surface area contributed by atoms with E-state index in [1.807, 2.05) is 6.07 Å². The first kappa shape index (κ1) is 22.3. The smallest absolute Gasteiger partial charge is 0.194 e. The van der Waals surface area contributed by atoms with Gasteiger partial charge in [-0.25, -0.2) is 22.0 Å². The number of benzene rings is 3. The van der Waals surface area contributed by atoms with Crippen LogP contribution in [0.3, 0.4) is 0 Å². The fraction of sp³-hybridized carbons (Fsp3) is 0.259. The van der Waals surface area contributed by atoms with Gasteiger partial charge in [-0.05, 0) is 83.8 Å². The molecule has 32 heavy (non-hydrogen) atoms. The van der Waals surface area contributed by atoms with Crippen molar-refractivity contribution in [2.75, 3.05) is 0 Å². The third-order valence-electron chi connectivity index (χ3n) is 5.97. The Kier molecular flexibility index (Phi) is 6.45. The Labute approximate surface area is 184 Å². The van der Waals surface area contributed by atoms with Crippen LogP contribution in [0.1, 0.15) is 54.9 Å². The Balaban J connectivity index is 1.64. The normalized spacial score (nSPS) is 13.1. The van der Waals surface area contributed by atoms with Crippen LogP contribution in [-0.4, -0.2) is 0 Å². The lowest BCUT2D eigenvalue weighted by atomic mass is 9.86. The monoisotopic (exact) mass is 442 g/mol. The highest BCUT2D eigenvalue weighted by molar-refractivity contribution is 5.85. The van der Waals surface area contributed by atoms with Crippen molar-refractivity contribution in [1.82, 2.24) is 0 Å². The number of allylic oxidation sites excluding steroid dienone is 1. The van der Waals surface area contributed by atoms with Crippen LogP contribution in [-0.2, 0) is 12.8 Å². The Bertz CT molecular complexity index is 1170. The summed E-state index contributed by atoms with van der Waals surface area (Å²) in [5, 5.41) is 0. The number of unbranched alkanes of at least 4 members (excludes halogenated alkanes) is 2. The highest BCUT2D eigenvalue weighted by Crippen LogP contribution is 2.36. The first-order chi connectivity index (χ1) is 15.4. The summed E-state index contributed by atoms with van der Waals surface area (Å²) in [5.41, 5.74) is 3.56. The highest BCUT2D eigenvalue weighted by atomic mass is 19.2. The van der Waals surface area contributed by atoms with Crippen molar-refractivity contribution < 1.29 is 22.0 Å². The van der Waals surface area contributed by atoms with Crippen LogP contribution in [0, 0.1) is 29.1 Å². The van der Waals surface area contributed by atoms with Crippen LogP contribution in [0.25, 0.3) is 22.8 Å². The molecule has 4 rings (SSSR count). The molecule has 1 aliphatic carbocycles. The van der Waals surface area contributed by atoms with E-state index in [0.29, 0.717) is 24.0 Å². The Hall–Kier alpha value is -2.95. The molecule has 0 unspecified atom stereocenters. The van der Waals surface area contributed by atoms with Crippen LogP contribution < -0.4 is 0 Å². The summed E-state index contributed by atoms with van der Waals surface area (Å²) in [6.45, 7) is 2.12. The molecular formula is C27H23F5. The van der Waals surface area contributed by atoms with Crippen molar-refractivity contribution in [2.24, 2.45) is 0 Å². The molecule has 0 N–H and O–H groups in total. The summed E-state index contributed by atoms with van der Waals surface area (Å²) in [6, 6.07) is 9.66. The van der Waals surface area contributed by atoms with Crippen LogP contribution in [0.15, 0.2) is 42.5 Å². The SMILES string of the molecule is CCCCCc1ccc(C2=Cc3cc(F)c(-c4cc(F)c(F)c(F)c4)cc3CC2)c(F)c1. The molecule has 1 aliphatic rings. The molecule has 0 aliphatic heterocycles. The van der Waals surface area contributed by atoms with Crippen LogP contribution in [0.4, 0.5) is 22.0 Å². The molecule has 0 saturated carbocycles. The lowest BCUT2D eigenvalue weighted by molar-refractivity contribution is 0.447. The zero-order valence-electron chi connectivity index (χ0n) is 17.8. The fourth-order valence-corrected chi connectivity index (χ4v) is 4.21. The fourth-order valence-electron chi connectivity index (χ4n) is 4.21. The maximum atomic E-state index is 14.8. The van der Waals surface area contributed by atoms with Gasteiger partial charge in [0.15, 0.2) is 17.5 Å². The maximum Gasteiger partial charge on any atom is 0.194 e. The Morgan fingerprint density at radius 3 is 2.12 bits per heavy atom. The van der Waals surface area contributed by atoms with Crippen LogP contribution in [0.2, 0.25) is 0 Å². The van der Waals surface area contributed by atoms with Crippen molar-refractivity contribution in [1.29, 1.82) is 0 Å². The average Bonchev–Trinajstić information content (AvgIpc) is 2.76. The van der Waals surface area contributed by atoms with Gasteiger partial charge in [-0.2, -0.15) is 0 Å². The molecule has 0 fully saturated rings. The quantitative estimate of drug-likeness (QED) is 0.205. The van der Waals surface area contributed by atoms with Crippen molar-refractivity contribution in [3.63, 3.8) is 0 Å². The molecule has 0 bridgehead atoms. The number of fused-ring (bicyclic) bond motifs is 1. The standard InChI is InChI=1S/C27H23F5/c1-2-3-4-5-16-6-9-21(23(28)10-16)18-8-7-17-12-22(24(29)13-19(17)11-18)20-14-25(30)27(32)26(31)15-20/h6,9-15H,2-5,7-8H2,1H3. The molecular weight excluding hydrogens is 419 g/mol. The predicted molar refractivity (Wildman–Crippen MR) is 118 cm³/mol. The molecule has 0 aromatic heterocycles. The van der Waals surface area contributed by atoms with E-state index in [0.717, 1.165) is 54.5 Å². The second-order valence-electron chi connectivity index (χ2n) is 8.23. The number of halogens is 5. The number of hydrogen-bond donors (Lipinski definition) is 0. The maximum absolute atomic E-state index is 14.8. The lowest BCUT2D eigenvalue weighted by Crippen LogP contribution is -2.03. The van der Waals surface area contributed by atoms with Gasteiger partial charge in [-0.15, -0.1) is 0 Å². The van der Waals surface area contributed by atoms with E-state index in [1.165, 1.54) is 12.1 Å². The number of hydrogen-bond acceptors (Lipinski definition) is 0. The first-order valence-corrected chi connectivity index (χ1v) is 10.8. The van der Waals surface area contributed by atoms with Gasteiger partial charge in [0, 0.05) is 11.1 Å². The van der Waals surface area contributed by atoms with Crippen molar-refractivity contribution in [3.8, 4) is 11.1 Å². The molecule has 0 heterocycles. The van der Waals surface area contributed by atoms with Crippen LogP contribution >= 0.6 is 0 Å². The zero-order valence-corrected chi connectivity index (χ0v) is 17.8. The van der Waals surface area contributed by atoms with Crippen molar-refractivity contribution >= 4 is 11.6 Å². The van der Waals surface area contributed by atoms with E-state index in [2.05, 4.69) is 6.92 Å². The summed E-state index contributed by atoms with van der Waals surface area (Å²) in [6.07, 6.45) is 6.91. The molecule has 0 spiro atoms. The van der Waals surface area contributed by atoms with Gasteiger partial charge >= 0.3 is 0 Å². The van der Waals surface area contributed by atoms with Crippen LogP contribution in [0.5, 0.6) is 0 Å². The molecule has 5 heteroatoms. The van der Waals surface area contributed by atoms with Gasteiger partial charge in [0.1, 0.15) is 11.6 Å². The molecule has 0 atom stereocenters. The summed E-state index contributed by atoms with van der Waals surface area (Å²) in [4.78, 5) is 0. The van der Waals surface area contributed by atoms with E-state index in [9.17, 15) is 22.0 Å². The Morgan fingerprint density at radius 1 is 0.719 bits per heavy atom. The van der Waals surface area contributed by atoms with Crippen molar-refractivity contribution in [2.45, 2.75) is 45.4 Å². The minimum Gasteiger partial charge on any atom is -0.206 e. The van der Waals surface area contributed by atoms with Gasteiger partial charge < -0.3 is 0 Å². The van der Waals surface area contributed by atoms with E-state index in [4.69, 9.17) is 0 Å². The van der Waals surface area contributed by atoms with E-state index in [-0.39, 0.29) is 16.9 Å². The second-order valence-corrected chi connectivity index (χ2v) is 8.23. The summed E-state index contributed by atoms with van der Waals surface area (Å²) < 4.78 is 70.0. The van der Waals surface area contributed by atoms with Gasteiger partial charge in [0.2, 0.25) is 0 Å². The summed E-state index contributed by atoms with van der Waals surface area (Å²) in [5.74, 6) is -5.29.